The number of hydrogen-bond donors (Lipinski definition) is 1. The predicted molar refractivity (Wildman–Crippen MR) is 75.4 cm³/mol. The number of aromatic carboxylic acids is 1. The molecule has 0 aromatic heterocycles. The first-order valence-electron chi connectivity index (χ1n) is 6.31. The molecule has 0 aliphatic carbocycles. The molecule has 0 fully saturated rings. The zero-order chi connectivity index (χ0) is 15.4. The van der Waals surface area contributed by atoms with Crippen LogP contribution in [-0.2, 0) is 6.61 Å². The van der Waals surface area contributed by atoms with Crippen molar-refractivity contribution in [1.82, 2.24) is 0 Å². The minimum Gasteiger partial charge on any atom is -0.496 e. The molecule has 0 spiro atoms. The van der Waals surface area contributed by atoms with Crippen molar-refractivity contribution in [1.29, 1.82) is 0 Å². The van der Waals surface area contributed by atoms with E-state index in [1.807, 2.05) is 0 Å². The Morgan fingerprint density at radius 1 is 1.29 bits per heavy atom. The van der Waals surface area contributed by atoms with Gasteiger partial charge >= 0.3 is 5.97 Å². The van der Waals surface area contributed by atoms with Gasteiger partial charge in [0, 0.05) is 5.56 Å². The number of hydrogen-bond acceptors (Lipinski definition) is 3. The second kappa shape index (κ2) is 6.26. The lowest BCUT2D eigenvalue weighted by Gasteiger charge is -2.14. The summed E-state index contributed by atoms with van der Waals surface area (Å²) in [6.45, 7) is 1.77. The van der Waals surface area contributed by atoms with E-state index >= 15 is 0 Å². The highest BCUT2D eigenvalue weighted by molar-refractivity contribution is 5.91. The molecule has 1 N–H and O–H groups in total. The molecule has 2 aromatic rings. The van der Waals surface area contributed by atoms with Crippen LogP contribution in [0.4, 0.5) is 4.39 Å². The van der Waals surface area contributed by atoms with Crippen LogP contribution in [0.1, 0.15) is 21.5 Å². The summed E-state index contributed by atoms with van der Waals surface area (Å²) in [4.78, 5) is 11.2. The third kappa shape index (κ3) is 3.31. The first-order valence-corrected chi connectivity index (χ1v) is 6.31. The largest absolute Gasteiger partial charge is 0.496 e. The smallest absolute Gasteiger partial charge is 0.339 e. The number of carboxylic acids is 1. The van der Waals surface area contributed by atoms with Gasteiger partial charge in [-0.3, -0.25) is 0 Å². The Morgan fingerprint density at radius 2 is 2.05 bits per heavy atom. The summed E-state index contributed by atoms with van der Waals surface area (Å²) in [7, 11) is 1.48. The highest BCUT2D eigenvalue weighted by atomic mass is 19.1. The Balaban J connectivity index is 2.28. The minimum atomic E-state index is -1.07. The van der Waals surface area contributed by atoms with E-state index in [1.165, 1.54) is 31.4 Å². The number of para-hydroxylation sites is 1. The average molecular weight is 290 g/mol. The number of aryl methyl sites for hydroxylation is 1. The van der Waals surface area contributed by atoms with Crippen LogP contribution in [0.3, 0.4) is 0 Å². The molecule has 0 atom stereocenters. The molecule has 2 rings (SSSR count). The Labute approximate surface area is 121 Å². The Hall–Kier alpha value is -2.56. The normalized spacial score (nSPS) is 10.2. The molecule has 0 aliphatic rings. The van der Waals surface area contributed by atoms with Crippen LogP contribution in [0.15, 0.2) is 36.4 Å². The summed E-state index contributed by atoms with van der Waals surface area (Å²) < 4.78 is 24.0. The summed E-state index contributed by atoms with van der Waals surface area (Å²) >= 11 is 0. The van der Waals surface area contributed by atoms with E-state index in [2.05, 4.69) is 0 Å². The first kappa shape index (κ1) is 14.8. The van der Waals surface area contributed by atoms with Gasteiger partial charge in [-0.15, -0.1) is 0 Å². The number of carbonyl (C=O) groups is 1. The maximum absolute atomic E-state index is 13.3. The van der Waals surface area contributed by atoms with E-state index in [0.717, 1.165) is 0 Å². The van der Waals surface area contributed by atoms with Crippen LogP contribution in [0.5, 0.6) is 11.5 Å². The lowest BCUT2D eigenvalue weighted by atomic mass is 10.1. The quantitative estimate of drug-likeness (QED) is 0.916. The zero-order valence-electron chi connectivity index (χ0n) is 11.7. The molecule has 0 radical (unpaired) electrons. The summed E-state index contributed by atoms with van der Waals surface area (Å²) in [6, 6.07) is 8.97. The van der Waals surface area contributed by atoms with Crippen molar-refractivity contribution in [3.63, 3.8) is 0 Å². The van der Waals surface area contributed by atoms with Crippen LogP contribution < -0.4 is 9.47 Å². The fourth-order valence-electron chi connectivity index (χ4n) is 2.02. The van der Waals surface area contributed by atoms with Gasteiger partial charge in [-0.05, 0) is 36.8 Å². The Kier molecular flexibility index (Phi) is 4.42. The second-order valence-electron chi connectivity index (χ2n) is 4.50. The molecular formula is C16H15FO4. The monoisotopic (exact) mass is 290 g/mol. The Bertz CT molecular complexity index is 667. The number of benzene rings is 2. The summed E-state index contributed by atoms with van der Waals surface area (Å²) in [6.07, 6.45) is 0. The van der Waals surface area contributed by atoms with Crippen molar-refractivity contribution in [2.24, 2.45) is 0 Å². The van der Waals surface area contributed by atoms with E-state index in [4.69, 9.17) is 14.6 Å². The van der Waals surface area contributed by atoms with Gasteiger partial charge in [0.1, 0.15) is 29.5 Å². The zero-order valence-corrected chi connectivity index (χ0v) is 11.7. The van der Waals surface area contributed by atoms with Crippen LogP contribution in [0.2, 0.25) is 0 Å². The molecule has 0 bridgehead atoms. The molecule has 0 aliphatic heterocycles. The number of carboxylic acid groups (broad SMARTS) is 1. The lowest BCUT2D eigenvalue weighted by molar-refractivity contribution is 0.0691. The van der Waals surface area contributed by atoms with Crippen LogP contribution in [0.25, 0.3) is 0 Å². The van der Waals surface area contributed by atoms with Crippen LogP contribution >= 0.6 is 0 Å². The molecule has 5 heteroatoms. The standard InChI is InChI=1S/C16H15FO4/c1-10-4-3-5-13(16(18)19)15(10)21-9-11-8-12(17)6-7-14(11)20-2/h3-8H,9H2,1-2H3,(H,18,19). The van der Waals surface area contributed by atoms with Crippen molar-refractivity contribution < 1.29 is 23.8 Å². The summed E-state index contributed by atoms with van der Waals surface area (Å²) in [5.74, 6) is -0.712. The molecular weight excluding hydrogens is 275 g/mol. The van der Waals surface area contributed by atoms with Crippen molar-refractivity contribution in [2.45, 2.75) is 13.5 Å². The number of rotatable bonds is 5. The van der Waals surface area contributed by atoms with E-state index in [-0.39, 0.29) is 17.9 Å². The van der Waals surface area contributed by atoms with Crippen molar-refractivity contribution in [3.05, 3.63) is 58.9 Å². The van der Waals surface area contributed by atoms with Crippen molar-refractivity contribution in [3.8, 4) is 11.5 Å². The highest BCUT2D eigenvalue weighted by Crippen LogP contribution is 2.26. The molecule has 0 saturated carbocycles. The van der Waals surface area contributed by atoms with Gasteiger partial charge in [-0.1, -0.05) is 12.1 Å². The van der Waals surface area contributed by atoms with Gasteiger partial charge in [0.25, 0.3) is 0 Å². The van der Waals surface area contributed by atoms with Gasteiger partial charge < -0.3 is 14.6 Å². The molecule has 21 heavy (non-hydrogen) atoms. The Morgan fingerprint density at radius 3 is 2.71 bits per heavy atom. The number of halogens is 1. The van der Waals surface area contributed by atoms with Gasteiger partial charge in [0.15, 0.2) is 0 Å². The fraction of sp³-hybridized carbons (Fsp3) is 0.188. The van der Waals surface area contributed by atoms with Crippen LogP contribution in [-0.4, -0.2) is 18.2 Å². The predicted octanol–water partition coefficient (Wildman–Crippen LogP) is 3.42. The molecule has 0 saturated heterocycles. The number of ether oxygens (including phenoxy) is 2. The minimum absolute atomic E-state index is 0.0199. The maximum Gasteiger partial charge on any atom is 0.339 e. The van der Waals surface area contributed by atoms with Crippen molar-refractivity contribution >= 4 is 5.97 Å². The van der Waals surface area contributed by atoms with Gasteiger partial charge in [0.2, 0.25) is 0 Å². The summed E-state index contributed by atoms with van der Waals surface area (Å²) in [5.41, 5.74) is 1.28. The third-order valence-electron chi connectivity index (χ3n) is 3.06. The molecule has 4 nitrogen and oxygen atoms in total. The molecule has 0 amide bonds. The third-order valence-corrected chi connectivity index (χ3v) is 3.06. The maximum atomic E-state index is 13.3. The molecule has 0 unspecified atom stereocenters. The van der Waals surface area contributed by atoms with Crippen molar-refractivity contribution in [2.75, 3.05) is 7.11 Å². The first-order chi connectivity index (χ1) is 10.0. The molecule has 110 valence electrons. The van der Waals surface area contributed by atoms with E-state index in [1.54, 1.807) is 19.1 Å². The SMILES string of the molecule is COc1ccc(F)cc1COc1c(C)cccc1C(=O)O. The lowest BCUT2D eigenvalue weighted by Crippen LogP contribution is -2.06. The average Bonchev–Trinajstić information content (AvgIpc) is 2.45. The topological polar surface area (TPSA) is 55.8 Å². The van der Waals surface area contributed by atoms with E-state index in [0.29, 0.717) is 16.9 Å². The molecule has 2 aromatic carbocycles. The fourth-order valence-corrected chi connectivity index (χ4v) is 2.02. The van der Waals surface area contributed by atoms with Gasteiger partial charge in [-0.2, -0.15) is 0 Å². The number of methoxy groups -OCH3 is 1. The highest BCUT2D eigenvalue weighted by Gasteiger charge is 2.14. The second-order valence-corrected chi connectivity index (χ2v) is 4.50. The molecule has 0 heterocycles. The van der Waals surface area contributed by atoms with Gasteiger partial charge in [-0.25, -0.2) is 9.18 Å². The van der Waals surface area contributed by atoms with Crippen LogP contribution in [0, 0.1) is 12.7 Å². The summed E-state index contributed by atoms with van der Waals surface area (Å²) in [5, 5.41) is 9.17. The van der Waals surface area contributed by atoms with Gasteiger partial charge in [0.05, 0.1) is 7.11 Å². The van der Waals surface area contributed by atoms with E-state index in [9.17, 15) is 9.18 Å². The van der Waals surface area contributed by atoms with E-state index < -0.39 is 11.8 Å².